The zero-order chi connectivity index (χ0) is 19.7. The average Bonchev–Trinajstić information content (AvgIpc) is 3.35. The number of amides is 1. The normalized spacial score (nSPS) is 16.4. The Labute approximate surface area is 193 Å². The second-order valence-corrected chi connectivity index (χ2v) is 9.70. The monoisotopic (exact) mass is 472 g/mol. The number of fused-ring (bicyclic) bond motifs is 3. The van der Waals surface area contributed by atoms with Crippen molar-refractivity contribution in [2.75, 3.05) is 19.7 Å². The van der Waals surface area contributed by atoms with Crippen molar-refractivity contribution >= 4 is 58.1 Å². The van der Waals surface area contributed by atoms with Gasteiger partial charge in [-0.2, -0.15) is 0 Å². The first-order chi connectivity index (χ1) is 13.4. The van der Waals surface area contributed by atoms with E-state index >= 15 is 0 Å². The van der Waals surface area contributed by atoms with Crippen LogP contribution >= 0.6 is 36.2 Å². The van der Waals surface area contributed by atoms with Crippen LogP contribution in [0.15, 0.2) is 24.4 Å². The molecule has 0 saturated carbocycles. The number of nitrogens with zero attached hydrogens (tertiary/aromatic N) is 2. The van der Waals surface area contributed by atoms with E-state index < -0.39 is 0 Å². The summed E-state index contributed by atoms with van der Waals surface area (Å²) >= 11 is 1.43. The van der Waals surface area contributed by atoms with Gasteiger partial charge in [-0.3, -0.25) is 9.20 Å². The molecule has 1 unspecified atom stereocenters. The zero-order valence-electron chi connectivity index (χ0n) is 17.6. The number of carbonyl (C=O) groups excluding carboxylic acids is 1. The maximum atomic E-state index is 12.5. The van der Waals surface area contributed by atoms with Gasteiger partial charge in [0, 0.05) is 32.4 Å². The van der Waals surface area contributed by atoms with Crippen LogP contribution in [-0.4, -0.2) is 41.1 Å². The van der Waals surface area contributed by atoms with Gasteiger partial charge in [0.2, 0.25) is 0 Å². The van der Waals surface area contributed by atoms with Crippen LogP contribution in [0.4, 0.5) is 0 Å². The molecule has 1 fully saturated rings. The predicted molar refractivity (Wildman–Crippen MR) is 128 cm³/mol. The molecule has 0 aliphatic carbocycles. The molecule has 1 aliphatic rings. The summed E-state index contributed by atoms with van der Waals surface area (Å²) in [7, 11) is 0. The van der Waals surface area contributed by atoms with E-state index in [0.717, 1.165) is 48.5 Å². The molecule has 1 aliphatic heterocycles. The molecule has 166 valence electrons. The first-order valence-electron chi connectivity index (χ1n) is 9.90. The molecule has 3 heterocycles. The lowest BCUT2D eigenvalue weighted by Gasteiger charge is -2.18. The third kappa shape index (κ3) is 5.86. The van der Waals surface area contributed by atoms with E-state index in [1.165, 1.54) is 16.9 Å². The van der Waals surface area contributed by atoms with Crippen LogP contribution in [0.5, 0.6) is 0 Å². The Balaban J connectivity index is 0.00000160. The van der Waals surface area contributed by atoms with Crippen molar-refractivity contribution in [2.45, 2.75) is 46.3 Å². The zero-order valence-corrected chi connectivity index (χ0v) is 20.0. The fourth-order valence-electron chi connectivity index (χ4n) is 3.39. The summed E-state index contributed by atoms with van der Waals surface area (Å²) in [6, 6.07) is 6.32. The maximum absolute atomic E-state index is 12.5. The first-order valence-corrected chi connectivity index (χ1v) is 10.7. The first kappa shape index (κ1) is 24.9. The van der Waals surface area contributed by atoms with E-state index in [9.17, 15) is 4.79 Å². The van der Waals surface area contributed by atoms with E-state index in [0.29, 0.717) is 17.5 Å². The number of rotatable bonds is 6. The second kappa shape index (κ2) is 10.3. The van der Waals surface area contributed by atoms with Gasteiger partial charge in [0.15, 0.2) is 4.96 Å². The SMILES string of the molecule is CC(C)(C)CNC(=O)c1cn2c(nc3ccc(CNCC4CCCO4)cc32)s1.Cl.Cl. The molecule has 4 rings (SSSR count). The molecular formula is C21H30Cl2N4O2S. The summed E-state index contributed by atoms with van der Waals surface area (Å²) in [5.41, 5.74) is 3.26. The molecule has 0 bridgehead atoms. The number of imidazole rings is 1. The summed E-state index contributed by atoms with van der Waals surface area (Å²) in [5.74, 6) is -0.0343. The van der Waals surface area contributed by atoms with Crippen molar-refractivity contribution in [3.63, 3.8) is 0 Å². The summed E-state index contributed by atoms with van der Waals surface area (Å²) in [6.45, 7) is 9.54. The summed E-state index contributed by atoms with van der Waals surface area (Å²) in [5, 5.41) is 6.50. The molecule has 2 aromatic heterocycles. The van der Waals surface area contributed by atoms with E-state index in [4.69, 9.17) is 4.74 Å². The lowest BCUT2D eigenvalue weighted by molar-refractivity contribution is 0.0943. The molecule has 0 spiro atoms. The largest absolute Gasteiger partial charge is 0.377 e. The van der Waals surface area contributed by atoms with Crippen molar-refractivity contribution in [3.8, 4) is 0 Å². The number of thiazole rings is 1. The lowest BCUT2D eigenvalue weighted by atomic mass is 9.97. The number of halogens is 2. The average molecular weight is 473 g/mol. The fraction of sp³-hybridized carbons (Fsp3) is 0.524. The number of ether oxygens (including phenoxy) is 1. The van der Waals surface area contributed by atoms with Crippen molar-refractivity contribution in [3.05, 3.63) is 34.8 Å². The highest BCUT2D eigenvalue weighted by Gasteiger charge is 2.17. The van der Waals surface area contributed by atoms with Gasteiger partial charge < -0.3 is 15.4 Å². The second-order valence-electron chi connectivity index (χ2n) is 8.69. The van der Waals surface area contributed by atoms with Crippen molar-refractivity contribution in [1.82, 2.24) is 20.0 Å². The molecule has 1 atom stereocenters. The number of hydrogen-bond donors (Lipinski definition) is 2. The molecule has 1 saturated heterocycles. The van der Waals surface area contributed by atoms with Gasteiger partial charge in [-0.1, -0.05) is 38.2 Å². The van der Waals surface area contributed by atoms with Gasteiger partial charge in [-0.25, -0.2) is 4.98 Å². The van der Waals surface area contributed by atoms with Crippen LogP contribution in [-0.2, 0) is 11.3 Å². The standard InChI is InChI=1S/C21H28N4O2S.2ClH/c1-21(2,3)13-23-19(26)18-12-25-17-9-14(6-7-16(17)24-20(25)28-18)10-22-11-15-5-4-8-27-15;;/h6-7,9,12,15,22H,4-5,8,10-11,13H2,1-3H3,(H,23,26);2*1H. The topological polar surface area (TPSA) is 67.7 Å². The third-order valence-corrected chi connectivity index (χ3v) is 5.88. The van der Waals surface area contributed by atoms with E-state index in [2.05, 4.69) is 54.6 Å². The molecule has 0 radical (unpaired) electrons. The molecule has 1 aromatic carbocycles. The van der Waals surface area contributed by atoms with Crippen LogP contribution in [0.2, 0.25) is 0 Å². The molecular weight excluding hydrogens is 443 g/mol. The van der Waals surface area contributed by atoms with Crippen LogP contribution in [0.3, 0.4) is 0 Å². The van der Waals surface area contributed by atoms with Gasteiger partial charge in [0.25, 0.3) is 5.91 Å². The number of carbonyl (C=O) groups is 1. The third-order valence-electron chi connectivity index (χ3n) is 4.90. The summed E-state index contributed by atoms with van der Waals surface area (Å²) < 4.78 is 7.68. The van der Waals surface area contributed by atoms with Crippen LogP contribution in [0.25, 0.3) is 16.0 Å². The van der Waals surface area contributed by atoms with Gasteiger partial charge in [-0.15, -0.1) is 24.8 Å². The van der Waals surface area contributed by atoms with E-state index in [1.54, 1.807) is 0 Å². The Hall–Kier alpha value is -1.38. The highest BCUT2D eigenvalue weighted by atomic mass is 35.5. The van der Waals surface area contributed by atoms with Gasteiger partial charge >= 0.3 is 0 Å². The fourth-order valence-corrected chi connectivity index (χ4v) is 4.30. The predicted octanol–water partition coefficient (Wildman–Crippen LogP) is 4.44. The Morgan fingerprint density at radius 1 is 1.33 bits per heavy atom. The quantitative estimate of drug-likeness (QED) is 0.556. The van der Waals surface area contributed by atoms with Crippen molar-refractivity contribution in [1.29, 1.82) is 0 Å². The van der Waals surface area contributed by atoms with E-state index in [1.807, 2.05) is 10.6 Å². The summed E-state index contributed by atoms with van der Waals surface area (Å²) in [6.07, 6.45) is 4.55. The Morgan fingerprint density at radius 3 is 2.83 bits per heavy atom. The summed E-state index contributed by atoms with van der Waals surface area (Å²) in [4.78, 5) is 18.7. The van der Waals surface area contributed by atoms with Crippen LogP contribution < -0.4 is 10.6 Å². The lowest BCUT2D eigenvalue weighted by Crippen LogP contribution is -2.31. The Kier molecular flexibility index (Phi) is 8.53. The number of benzene rings is 1. The number of hydrogen-bond acceptors (Lipinski definition) is 5. The highest BCUT2D eigenvalue weighted by molar-refractivity contribution is 7.18. The molecule has 3 aromatic rings. The van der Waals surface area contributed by atoms with Gasteiger partial charge in [0.05, 0.1) is 17.1 Å². The molecule has 1 amide bonds. The molecule has 2 N–H and O–H groups in total. The maximum Gasteiger partial charge on any atom is 0.263 e. The minimum Gasteiger partial charge on any atom is -0.377 e. The smallest absolute Gasteiger partial charge is 0.263 e. The van der Waals surface area contributed by atoms with Crippen LogP contribution in [0.1, 0.15) is 48.8 Å². The highest BCUT2D eigenvalue weighted by Crippen LogP contribution is 2.25. The Morgan fingerprint density at radius 2 is 2.13 bits per heavy atom. The molecule has 30 heavy (non-hydrogen) atoms. The number of nitrogens with one attached hydrogen (secondary N) is 2. The van der Waals surface area contributed by atoms with Gasteiger partial charge in [0.1, 0.15) is 4.88 Å². The van der Waals surface area contributed by atoms with Crippen LogP contribution in [0, 0.1) is 5.41 Å². The van der Waals surface area contributed by atoms with Crippen molar-refractivity contribution < 1.29 is 9.53 Å². The molecule has 6 nitrogen and oxygen atoms in total. The minimum absolute atomic E-state index is 0. The molecule has 9 heteroatoms. The van der Waals surface area contributed by atoms with Gasteiger partial charge in [-0.05, 0) is 36.0 Å². The Bertz CT molecular complexity index is 990. The van der Waals surface area contributed by atoms with Crippen molar-refractivity contribution in [2.24, 2.45) is 5.41 Å². The van der Waals surface area contributed by atoms with E-state index in [-0.39, 0.29) is 36.1 Å². The minimum atomic E-state index is -0.0343. The number of aromatic nitrogens is 2.